The summed E-state index contributed by atoms with van der Waals surface area (Å²) >= 11 is 0. The van der Waals surface area contributed by atoms with Gasteiger partial charge in [0, 0.05) is 12.4 Å². The van der Waals surface area contributed by atoms with Crippen LogP contribution in [-0.4, -0.2) is 30.0 Å². The van der Waals surface area contributed by atoms with E-state index in [-0.39, 0.29) is 11.5 Å². The lowest BCUT2D eigenvalue weighted by Gasteiger charge is -2.31. The third-order valence-corrected chi connectivity index (χ3v) is 4.55. The highest BCUT2D eigenvalue weighted by atomic mass is 32.2. The number of aliphatic hydroxyl groups is 1. The monoisotopic (exact) mass is 227 g/mol. The molecule has 15 heavy (non-hydrogen) atoms. The van der Waals surface area contributed by atoms with Crippen LogP contribution < -0.4 is 0 Å². The van der Waals surface area contributed by atoms with Gasteiger partial charge in [-0.25, -0.2) is 8.42 Å². The van der Waals surface area contributed by atoms with Gasteiger partial charge in [-0.05, 0) is 30.5 Å². The molecular formula is C10H13NO3S. The van der Waals surface area contributed by atoms with Crippen LogP contribution in [0.5, 0.6) is 0 Å². The smallest absolute Gasteiger partial charge is 0.153 e. The maximum atomic E-state index is 11.5. The van der Waals surface area contributed by atoms with Gasteiger partial charge < -0.3 is 5.11 Å². The molecule has 0 aromatic carbocycles. The van der Waals surface area contributed by atoms with Gasteiger partial charge in [-0.2, -0.15) is 0 Å². The van der Waals surface area contributed by atoms with E-state index in [0.29, 0.717) is 18.4 Å². The Kier molecular flexibility index (Phi) is 2.52. The lowest BCUT2D eigenvalue weighted by molar-refractivity contribution is 0.0466. The summed E-state index contributed by atoms with van der Waals surface area (Å²) in [4.78, 5) is 3.85. The number of aromatic nitrogens is 1. The second kappa shape index (κ2) is 3.57. The van der Waals surface area contributed by atoms with E-state index in [4.69, 9.17) is 0 Å². The van der Waals surface area contributed by atoms with Crippen molar-refractivity contribution in [3.63, 3.8) is 0 Å². The van der Waals surface area contributed by atoms with Gasteiger partial charge in [0.2, 0.25) is 0 Å². The standard InChI is InChI=1S/C10H13NO3S/c12-10(9-2-5-11-6-3-9)4-1-7-15(13,14)8-10/h2-3,5-6,12H,1,4,7-8H2. The molecule has 2 heterocycles. The minimum atomic E-state index is -3.11. The third kappa shape index (κ3) is 2.18. The number of hydrogen-bond acceptors (Lipinski definition) is 4. The van der Waals surface area contributed by atoms with Crippen LogP contribution in [0.25, 0.3) is 0 Å². The average molecular weight is 227 g/mol. The summed E-state index contributed by atoms with van der Waals surface area (Å²) in [6, 6.07) is 3.34. The first-order chi connectivity index (χ1) is 7.02. The van der Waals surface area contributed by atoms with E-state index in [1.807, 2.05) is 0 Å². The summed E-state index contributed by atoms with van der Waals surface area (Å²) in [5, 5.41) is 10.3. The molecule has 82 valence electrons. The fourth-order valence-electron chi connectivity index (χ4n) is 1.98. The third-order valence-electron chi connectivity index (χ3n) is 2.72. The molecular weight excluding hydrogens is 214 g/mol. The first-order valence-electron chi connectivity index (χ1n) is 4.85. The van der Waals surface area contributed by atoms with Crippen molar-refractivity contribution in [1.82, 2.24) is 4.98 Å². The molecule has 1 atom stereocenters. The molecule has 1 aromatic rings. The molecule has 1 fully saturated rings. The predicted molar refractivity (Wildman–Crippen MR) is 56.0 cm³/mol. The molecule has 0 bridgehead atoms. The van der Waals surface area contributed by atoms with Crippen molar-refractivity contribution in [3.05, 3.63) is 30.1 Å². The van der Waals surface area contributed by atoms with Crippen molar-refractivity contribution in [2.24, 2.45) is 0 Å². The topological polar surface area (TPSA) is 67.3 Å². The fourth-order valence-corrected chi connectivity index (χ4v) is 3.75. The van der Waals surface area contributed by atoms with E-state index in [1.165, 1.54) is 0 Å². The molecule has 0 spiro atoms. The summed E-state index contributed by atoms with van der Waals surface area (Å²) in [6.07, 6.45) is 4.14. The van der Waals surface area contributed by atoms with Crippen LogP contribution in [-0.2, 0) is 15.4 Å². The predicted octanol–water partition coefficient (Wildman–Crippen LogP) is 0.478. The molecule has 1 N–H and O–H groups in total. The molecule has 5 heteroatoms. The molecule has 1 aromatic heterocycles. The van der Waals surface area contributed by atoms with Crippen molar-refractivity contribution < 1.29 is 13.5 Å². The van der Waals surface area contributed by atoms with Gasteiger partial charge in [-0.3, -0.25) is 4.98 Å². The number of sulfone groups is 1. The Morgan fingerprint density at radius 3 is 2.60 bits per heavy atom. The Hall–Kier alpha value is -0.940. The number of nitrogens with zero attached hydrogens (tertiary/aromatic N) is 1. The van der Waals surface area contributed by atoms with E-state index in [1.54, 1.807) is 24.5 Å². The van der Waals surface area contributed by atoms with Crippen LogP contribution in [0.1, 0.15) is 18.4 Å². The lowest BCUT2D eigenvalue weighted by atomic mass is 9.92. The van der Waals surface area contributed by atoms with Crippen molar-refractivity contribution >= 4 is 9.84 Å². The van der Waals surface area contributed by atoms with E-state index < -0.39 is 15.4 Å². The van der Waals surface area contributed by atoms with Crippen LogP contribution in [0.3, 0.4) is 0 Å². The van der Waals surface area contributed by atoms with E-state index in [0.717, 1.165) is 0 Å². The molecule has 0 aliphatic carbocycles. The molecule has 1 saturated heterocycles. The average Bonchev–Trinajstić information content (AvgIpc) is 2.17. The number of pyridine rings is 1. The van der Waals surface area contributed by atoms with Crippen molar-refractivity contribution in [2.75, 3.05) is 11.5 Å². The van der Waals surface area contributed by atoms with Crippen molar-refractivity contribution in [3.8, 4) is 0 Å². The molecule has 1 aliphatic heterocycles. The number of hydrogen-bond donors (Lipinski definition) is 1. The van der Waals surface area contributed by atoms with E-state index in [2.05, 4.69) is 4.98 Å². The molecule has 0 amide bonds. The minimum absolute atomic E-state index is 0.177. The normalized spacial score (nSPS) is 29.9. The van der Waals surface area contributed by atoms with Crippen LogP contribution in [0, 0.1) is 0 Å². The van der Waals surface area contributed by atoms with Gasteiger partial charge in [-0.15, -0.1) is 0 Å². The maximum absolute atomic E-state index is 11.5. The Labute approximate surface area is 88.9 Å². The molecule has 4 nitrogen and oxygen atoms in total. The van der Waals surface area contributed by atoms with Gasteiger partial charge in [0.25, 0.3) is 0 Å². The Balaban J connectivity index is 2.35. The summed E-state index contributed by atoms with van der Waals surface area (Å²) in [6.45, 7) is 0. The van der Waals surface area contributed by atoms with Gasteiger partial charge >= 0.3 is 0 Å². The fraction of sp³-hybridized carbons (Fsp3) is 0.500. The quantitative estimate of drug-likeness (QED) is 0.757. The summed E-state index contributed by atoms with van der Waals surface area (Å²) < 4.78 is 22.9. The molecule has 0 saturated carbocycles. The summed E-state index contributed by atoms with van der Waals surface area (Å²) in [7, 11) is -3.11. The largest absolute Gasteiger partial charge is 0.384 e. The van der Waals surface area contributed by atoms with Gasteiger partial charge in [0.15, 0.2) is 9.84 Å². The van der Waals surface area contributed by atoms with Crippen LogP contribution in [0.4, 0.5) is 0 Å². The summed E-state index contributed by atoms with van der Waals surface area (Å²) in [5.41, 5.74) is -0.583. The molecule has 1 unspecified atom stereocenters. The highest BCUT2D eigenvalue weighted by molar-refractivity contribution is 7.91. The molecule has 1 aliphatic rings. The Bertz CT molecular complexity index is 443. The maximum Gasteiger partial charge on any atom is 0.153 e. The lowest BCUT2D eigenvalue weighted by Crippen LogP contribution is -2.39. The SMILES string of the molecule is O=S1(=O)CCCC(O)(c2ccncc2)C1. The second-order valence-corrected chi connectivity index (χ2v) is 6.15. The van der Waals surface area contributed by atoms with E-state index >= 15 is 0 Å². The van der Waals surface area contributed by atoms with Crippen LogP contribution >= 0.6 is 0 Å². The summed E-state index contributed by atoms with van der Waals surface area (Å²) in [5.74, 6) is 0.00437. The van der Waals surface area contributed by atoms with Crippen molar-refractivity contribution in [1.29, 1.82) is 0 Å². The van der Waals surface area contributed by atoms with Gasteiger partial charge in [0.1, 0.15) is 5.60 Å². The van der Waals surface area contributed by atoms with Crippen molar-refractivity contribution in [2.45, 2.75) is 18.4 Å². The van der Waals surface area contributed by atoms with Crippen LogP contribution in [0.15, 0.2) is 24.5 Å². The first-order valence-corrected chi connectivity index (χ1v) is 6.67. The highest BCUT2D eigenvalue weighted by Gasteiger charge is 2.38. The number of rotatable bonds is 1. The minimum Gasteiger partial charge on any atom is -0.384 e. The Morgan fingerprint density at radius 1 is 1.33 bits per heavy atom. The van der Waals surface area contributed by atoms with E-state index in [9.17, 15) is 13.5 Å². The zero-order chi connectivity index (χ0) is 10.9. The highest BCUT2D eigenvalue weighted by Crippen LogP contribution is 2.32. The molecule has 2 rings (SSSR count). The zero-order valence-electron chi connectivity index (χ0n) is 8.26. The van der Waals surface area contributed by atoms with Gasteiger partial charge in [0.05, 0.1) is 11.5 Å². The first kappa shape index (κ1) is 10.6. The van der Waals surface area contributed by atoms with Gasteiger partial charge in [-0.1, -0.05) is 0 Å². The Morgan fingerprint density at radius 2 is 2.00 bits per heavy atom. The zero-order valence-corrected chi connectivity index (χ0v) is 9.07. The van der Waals surface area contributed by atoms with Crippen LogP contribution in [0.2, 0.25) is 0 Å². The molecule has 0 radical (unpaired) electrons. The second-order valence-electron chi connectivity index (χ2n) is 3.96.